The number of rotatable bonds is 6. The highest BCUT2D eigenvalue weighted by Gasteiger charge is 2.39. The molecule has 0 unspecified atom stereocenters. The molecule has 4 heteroatoms. The maximum atomic E-state index is 11.7. The van der Waals surface area contributed by atoms with Crippen LogP contribution in [0.15, 0.2) is 0 Å². The lowest BCUT2D eigenvalue weighted by Crippen LogP contribution is -2.58. The number of likely N-dealkylation sites (N-methyl/N-ethyl adjacent to an activating group) is 1. The summed E-state index contributed by atoms with van der Waals surface area (Å²) in [5, 5.41) is 2.99. The fraction of sp³-hybridized carbons (Fsp3) is 0.917. The Morgan fingerprint density at radius 3 is 2.50 bits per heavy atom. The highest BCUT2D eigenvalue weighted by molar-refractivity contribution is 5.81. The highest BCUT2D eigenvalue weighted by atomic mass is 16.2. The predicted molar refractivity (Wildman–Crippen MR) is 66.2 cm³/mol. The van der Waals surface area contributed by atoms with Gasteiger partial charge < -0.3 is 16.0 Å². The third-order valence-corrected chi connectivity index (χ3v) is 3.76. The summed E-state index contributed by atoms with van der Waals surface area (Å²) >= 11 is 0. The molecule has 3 N–H and O–H groups in total. The van der Waals surface area contributed by atoms with Gasteiger partial charge in [0.1, 0.15) is 0 Å². The van der Waals surface area contributed by atoms with Gasteiger partial charge in [-0.05, 0) is 39.8 Å². The van der Waals surface area contributed by atoms with Crippen LogP contribution in [0, 0.1) is 0 Å². The molecule has 1 rings (SSSR count). The minimum atomic E-state index is -0.343. The van der Waals surface area contributed by atoms with Crippen molar-refractivity contribution in [1.29, 1.82) is 0 Å². The molecule has 1 aliphatic carbocycles. The SMILES string of the molecule is CCC[C@H](N)C(=O)NCC1(N(C)C)CCC1. The van der Waals surface area contributed by atoms with Crippen LogP contribution in [0.2, 0.25) is 0 Å². The summed E-state index contributed by atoms with van der Waals surface area (Å²) in [6.07, 6.45) is 5.32. The lowest BCUT2D eigenvalue weighted by atomic mass is 9.75. The molecule has 0 radical (unpaired) electrons. The molecule has 16 heavy (non-hydrogen) atoms. The Morgan fingerprint density at radius 1 is 1.50 bits per heavy atom. The zero-order chi connectivity index (χ0) is 12.2. The van der Waals surface area contributed by atoms with Gasteiger partial charge in [-0.1, -0.05) is 13.3 Å². The van der Waals surface area contributed by atoms with E-state index in [0.717, 1.165) is 19.4 Å². The van der Waals surface area contributed by atoms with Gasteiger partial charge in [0.15, 0.2) is 0 Å². The highest BCUT2D eigenvalue weighted by Crippen LogP contribution is 2.35. The number of amides is 1. The summed E-state index contributed by atoms with van der Waals surface area (Å²) in [5.74, 6) is -0.00465. The number of hydrogen-bond acceptors (Lipinski definition) is 3. The van der Waals surface area contributed by atoms with Crippen molar-refractivity contribution >= 4 is 5.91 Å². The Morgan fingerprint density at radius 2 is 2.12 bits per heavy atom. The second-order valence-corrected chi connectivity index (χ2v) is 5.09. The molecule has 0 heterocycles. The first-order valence-corrected chi connectivity index (χ1v) is 6.22. The lowest BCUT2D eigenvalue weighted by molar-refractivity contribution is -0.123. The second-order valence-electron chi connectivity index (χ2n) is 5.09. The quantitative estimate of drug-likeness (QED) is 0.703. The number of carbonyl (C=O) groups excluding carboxylic acids is 1. The van der Waals surface area contributed by atoms with Crippen molar-refractivity contribution in [3.8, 4) is 0 Å². The van der Waals surface area contributed by atoms with Crippen LogP contribution in [0.1, 0.15) is 39.0 Å². The van der Waals surface area contributed by atoms with E-state index in [1.54, 1.807) is 0 Å². The maximum Gasteiger partial charge on any atom is 0.236 e. The predicted octanol–water partition coefficient (Wildman–Crippen LogP) is 0.714. The van der Waals surface area contributed by atoms with Crippen LogP contribution in [0.5, 0.6) is 0 Å². The third kappa shape index (κ3) is 2.95. The molecule has 0 aromatic heterocycles. The molecule has 0 spiro atoms. The topological polar surface area (TPSA) is 58.4 Å². The van der Waals surface area contributed by atoms with Crippen LogP contribution in [0.25, 0.3) is 0 Å². The molecular formula is C12H25N3O. The summed E-state index contributed by atoms with van der Waals surface area (Å²) in [4.78, 5) is 13.9. The number of nitrogens with one attached hydrogen (secondary N) is 1. The minimum Gasteiger partial charge on any atom is -0.353 e. The first-order chi connectivity index (χ1) is 7.52. The van der Waals surface area contributed by atoms with Crippen molar-refractivity contribution in [1.82, 2.24) is 10.2 Å². The summed E-state index contributed by atoms with van der Waals surface area (Å²) in [6, 6.07) is -0.343. The van der Waals surface area contributed by atoms with Crippen molar-refractivity contribution < 1.29 is 4.79 Å². The van der Waals surface area contributed by atoms with Crippen LogP contribution in [-0.2, 0) is 4.79 Å². The fourth-order valence-corrected chi connectivity index (χ4v) is 2.19. The normalized spacial score (nSPS) is 20.3. The van der Waals surface area contributed by atoms with Crippen LogP contribution in [0.3, 0.4) is 0 Å². The van der Waals surface area contributed by atoms with E-state index in [1.807, 2.05) is 6.92 Å². The van der Waals surface area contributed by atoms with Gasteiger partial charge in [-0.15, -0.1) is 0 Å². The molecule has 0 aromatic rings. The largest absolute Gasteiger partial charge is 0.353 e. The van der Waals surface area contributed by atoms with E-state index in [2.05, 4.69) is 24.3 Å². The van der Waals surface area contributed by atoms with Gasteiger partial charge in [-0.25, -0.2) is 0 Å². The summed E-state index contributed by atoms with van der Waals surface area (Å²) in [7, 11) is 4.16. The van der Waals surface area contributed by atoms with Crippen LogP contribution >= 0.6 is 0 Å². The molecule has 1 amide bonds. The minimum absolute atomic E-state index is 0.00465. The Kier molecular flexibility index (Phi) is 4.74. The van der Waals surface area contributed by atoms with Crippen LogP contribution in [-0.4, -0.2) is 43.0 Å². The van der Waals surface area contributed by atoms with E-state index in [9.17, 15) is 4.79 Å². The zero-order valence-corrected chi connectivity index (χ0v) is 10.8. The Bertz CT molecular complexity index is 236. The maximum absolute atomic E-state index is 11.7. The molecule has 0 aromatic carbocycles. The van der Waals surface area contributed by atoms with E-state index >= 15 is 0 Å². The Balaban J connectivity index is 2.35. The molecule has 1 aliphatic rings. The van der Waals surface area contributed by atoms with Gasteiger partial charge in [-0.3, -0.25) is 4.79 Å². The van der Waals surface area contributed by atoms with E-state index in [0.29, 0.717) is 0 Å². The van der Waals surface area contributed by atoms with Gasteiger partial charge in [0.2, 0.25) is 5.91 Å². The number of carbonyl (C=O) groups is 1. The Labute approximate surface area is 98.6 Å². The molecule has 0 bridgehead atoms. The Hall–Kier alpha value is -0.610. The first kappa shape index (κ1) is 13.5. The van der Waals surface area contributed by atoms with Gasteiger partial charge in [0, 0.05) is 12.1 Å². The van der Waals surface area contributed by atoms with Gasteiger partial charge >= 0.3 is 0 Å². The van der Waals surface area contributed by atoms with Crippen LogP contribution < -0.4 is 11.1 Å². The molecule has 0 aliphatic heterocycles. The monoisotopic (exact) mass is 227 g/mol. The average molecular weight is 227 g/mol. The summed E-state index contributed by atoms with van der Waals surface area (Å²) < 4.78 is 0. The van der Waals surface area contributed by atoms with Crippen molar-refractivity contribution in [2.75, 3.05) is 20.6 Å². The molecule has 1 atom stereocenters. The van der Waals surface area contributed by atoms with Crippen molar-refractivity contribution in [3.05, 3.63) is 0 Å². The molecule has 1 saturated carbocycles. The molecule has 0 saturated heterocycles. The van der Waals surface area contributed by atoms with Crippen LogP contribution in [0.4, 0.5) is 0 Å². The number of nitrogens with zero attached hydrogens (tertiary/aromatic N) is 1. The molecular weight excluding hydrogens is 202 g/mol. The van der Waals surface area contributed by atoms with Crippen molar-refractivity contribution in [2.24, 2.45) is 5.73 Å². The van der Waals surface area contributed by atoms with E-state index in [1.165, 1.54) is 19.3 Å². The number of hydrogen-bond donors (Lipinski definition) is 2. The molecule has 1 fully saturated rings. The fourth-order valence-electron chi connectivity index (χ4n) is 2.19. The third-order valence-electron chi connectivity index (χ3n) is 3.76. The average Bonchev–Trinajstić information content (AvgIpc) is 2.15. The van der Waals surface area contributed by atoms with Crippen molar-refractivity contribution in [2.45, 2.75) is 50.6 Å². The van der Waals surface area contributed by atoms with Gasteiger partial charge in [-0.2, -0.15) is 0 Å². The molecule has 4 nitrogen and oxygen atoms in total. The lowest BCUT2D eigenvalue weighted by Gasteiger charge is -2.47. The van der Waals surface area contributed by atoms with Gasteiger partial charge in [0.25, 0.3) is 0 Å². The molecule has 94 valence electrons. The number of nitrogens with two attached hydrogens (primary N) is 1. The van der Waals surface area contributed by atoms with Gasteiger partial charge in [0.05, 0.1) is 6.04 Å². The zero-order valence-electron chi connectivity index (χ0n) is 10.8. The second kappa shape index (κ2) is 5.64. The van der Waals surface area contributed by atoms with E-state index in [4.69, 9.17) is 5.73 Å². The van der Waals surface area contributed by atoms with E-state index < -0.39 is 0 Å². The summed E-state index contributed by atoms with van der Waals surface area (Å²) in [5.41, 5.74) is 5.95. The standard InChI is InChI=1S/C12H25N3O/c1-4-6-10(13)11(16)14-9-12(15(2)3)7-5-8-12/h10H,4-9,13H2,1-3H3,(H,14,16)/t10-/m0/s1. The van der Waals surface area contributed by atoms with E-state index in [-0.39, 0.29) is 17.5 Å². The first-order valence-electron chi connectivity index (χ1n) is 6.22. The van der Waals surface area contributed by atoms with Crippen molar-refractivity contribution in [3.63, 3.8) is 0 Å². The summed E-state index contributed by atoms with van der Waals surface area (Å²) in [6.45, 7) is 2.77. The smallest absolute Gasteiger partial charge is 0.236 e.